The van der Waals surface area contributed by atoms with Gasteiger partial charge in [0.25, 0.3) is 0 Å². The van der Waals surface area contributed by atoms with Crippen LogP contribution in [-0.4, -0.2) is 53.4 Å². The molecule has 170 valence electrons. The molecule has 3 aromatic rings. The van der Waals surface area contributed by atoms with Gasteiger partial charge in [0, 0.05) is 43.3 Å². The minimum Gasteiger partial charge on any atom is -0.488 e. The van der Waals surface area contributed by atoms with Crippen molar-refractivity contribution in [3.8, 4) is 11.8 Å². The van der Waals surface area contributed by atoms with E-state index in [1.807, 2.05) is 19.1 Å². The van der Waals surface area contributed by atoms with Crippen LogP contribution in [0.25, 0.3) is 11.0 Å². The number of morpholine rings is 1. The molecule has 5 rings (SSSR count). The number of anilines is 2. The van der Waals surface area contributed by atoms with Gasteiger partial charge in [0.15, 0.2) is 0 Å². The SMILES string of the molecule is Cc1nc(NC2CCC(Oc3cc(N4CCOCC4)cc4nccnc34)CC2)ccc1C#N. The van der Waals surface area contributed by atoms with E-state index in [-0.39, 0.29) is 6.10 Å². The van der Waals surface area contributed by atoms with Crippen molar-refractivity contribution in [1.29, 1.82) is 5.26 Å². The number of aryl methyl sites for hydroxylation is 1. The minimum atomic E-state index is 0.142. The van der Waals surface area contributed by atoms with Crippen molar-refractivity contribution < 1.29 is 9.47 Å². The fourth-order valence-corrected chi connectivity index (χ4v) is 4.60. The van der Waals surface area contributed by atoms with Gasteiger partial charge in [0.05, 0.1) is 36.1 Å². The summed E-state index contributed by atoms with van der Waals surface area (Å²) >= 11 is 0. The molecule has 0 atom stereocenters. The van der Waals surface area contributed by atoms with Gasteiger partial charge < -0.3 is 19.7 Å². The summed E-state index contributed by atoms with van der Waals surface area (Å²) in [5.74, 6) is 1.64. The van der Waals surface area contributed by atoms with Crippen LogP contribution in [-0.2, 0) is 4.74 Å². The van der Waals surface area contributed by atoms with Gasteiger partial charge in [0.1, 0.15) is 23.2 Å². The van der Waals surface area contributed by atoms with E-state index in [2.05, 4.69) is 43.4 Å². The van der Waals surface area contributed by atoms with Crippen molar-refractivity contribution >= 4 is 22.5 Å². The predicted octanol–water partition coefficient (Wildman–Crippen LogP) is 3.84. The molecular weight excluding hydrogens is 416 g/mol. The summed E-state index contributed by atoms with van der Waals surface area (Å²) in [5, 5.41) is 12.6. The molecule has 1 saturated carbocycles. The molecule has 2 aromatic heterocycles. The Kier molecular flexibility index (Phi) is 6.22. The number of hydrogen-bond acceptors (Lipinski definition) is 8. The second kappa shape index (κ2) is 9.59. The van der Waals surface area contributed by atoms with Crippen LogP contribution in [0.5, 0.6) is 5.75 Å². The highest BCUT2D eigenvalue weighted by Crippen LogP contribution is 2.33. The molecule has 1 N–H and O–H groups in total. The van der Waals surface area contributed by atoms with E-state index < -0.39 is 0 Å². The predicted molar refractivity (Wildman–Crippen MR) is 127 cm³/mol. The molecule has 8 nitrogen and oxygen atoms in total. The zero-order valence-electron chi connectivity index (χ0n) is 18.8. The summed E-state index contributed by atoms with van der Waals surface area (Å²) in [7, 11) is 0. The van der Waals surface area contributed by atoms with Crippen LogP contribution in [0.15, 0.2) is 36.7 Å². The van der Waals surface area contributed by atoms with Crippen molar-refractivity contribution in [2.45, 2.75) is 44.8 Å². The maximum absolute atomic E-state index is 9.10. The van der Waals surface area contributed by atoms with E-state index in [1.165, 1.54) is 0 Å². The second-order valence-electron chi connectivity index (χ2n) is 8.64. The Labute approximate surface area is 193 Å². The van der Waals surface area contributed by atoms with Gasteiger partial charge in [-0.1, -0.05) is 0 Å². The fourth-order valence-electron chi connectivity index (χ4n) is 4.60. The summed E-state index contributed by atoms with van der Waals surface area (Å²) < 4.78 is 12.0. The van der Waals surface area contributed by atoms with Gasteiger partial charge in [-0.3, -0.25) is 4.98 Å². The Morgan fingerprint density at radius 1 is 1.09 bits per heavy atom. The maximum Gasteiger partial charge on any atom is 0.149 e. The summed E-state index contributed by atoms with van der Waals surface area (Å²) in [6.45, 7) is 5.07. The molecule has 1 saturated heterocycles. The highest BCUT2D eigenvalue weighted by atomic mass is 16.5. The molecule has 0 amide bonds. The van der Waals surface area contributed by atoms with E-state index >= 15 is 0 Å². The fraction of sp³-hybridized carbons (Fsp3) is 0.440. The number of ether oxygens (including phenoxy) is 2. The van der Waals surface area contributed by atoms with Gasteiger partial charge in [-0.15, -0.1) is 0 Å². The monoisotopic (exact) mass is 444 g/mol. The molecule has 0 bridgehead atoms. The lowest BCUT2D eigenvalue weighted by Crippen LogP contribution is -2.36. The molecule has 0 radical (unpaired) electrons. The summed E-state index contributed by atoms with van der Waals surface area (Å²) in [5.41, 5.74) is 4.15. The molecule has 8 heteroatoms. The van der Waals surface area contributed by atoms with Crippen molar-refractivity contribution in [2.24, 2.45) is 0 Å². The number of fused-ring (bicyclic) bond motifs is 1. The van der Waals surface area contributed by atoms with Crippen LogP contribution in [0.3, 0.4) is 0 Å². The molecule has 33 heavy (non-hydrogen) atoms. The lowest BCUT2D eigenvalue weighted by atomic mass is 9.93. The molecule has 1 aromatic carbocycles. The zero-order chi connectivity index (χ0) is 22.6. The van der Waals surface area contributed by atoms with Gasteiger partial charge in [-0.2, -0.15) is 5.26 Å². The molecular formula is C25H28N6O2. The van der Waals surface area contributed by atoms with Gasteiger partial charge >= 0.3 is 0 Å². The van der Waals surface area contributed by atoms with Gasteiger partial charge in [0.2, 0.25) is 0 Å². The second-order valence-corrected chi connectivity index (χ2v) is 8.64. The molecule has 2 aliphatic rings. The van der Waals surface area contributed by atoms with Crippen LogP contribution >= 0.6 is 0 Å². The number of benzene rings is 1. The van der Waals surface area contributed by atoms with Crippen molar-refractivity contribution in [3.63, 3.8) is 0 Å². The Morgan fingerprint density at radius 3 is 2.64 bits per heavy atom. The lowest BCUT2D eigenvalue weighted by molar-refractivity contribution is 0.122. The summed E-state index contributed by atoms with van der Waals surface area (Å²) in [6.07, 6.45) is 7.49. The Morgan fingerprint density at radius 2 is 1.88 bits per heavy atom. The largest absolute Gasteiger partial charge is 0.488 e. The lowest BCUT2D eigenvalue weighted by Gasteiger charge is -2.31. The summed E-state index contributed by atoms with van der Waals surface area (Å²) in [4.78, 5) is 15.9. The Bertz CT molecular complexity index is 1160. The molecule has 0 unspecified atom stereocenters. The third-order valence-corrected chi connectivity index (χ3v) is 6.43. The van der Waals surface area contributed by atoms with Crippen LogP contribution in [0, 0.1) is 18.3 Å². The van der Waals surface area contributed by atoms with Crippen LogP contribution in [0.2, 0.25) is 0 Å². The van der Waals surface area contributed by atoms with E-state index in [0.717, 1.165) is 86.0 Å². The van der Waals surface area contributed by atoms with Gasteiger partial charge in [-0.05, 0) is 50.8 Å². The third kappa shape index (κ3) is 4.83. The first-order valence-corrected chi connectivity index (χ1v) is 11.6. The molecule has 1 aliphatic heterocycles. The van der Waals surface area contributed by atoms with E-state index in [0.29, 0.717) is 11.6 Å². The van der Waals surface area contributed by atoms with Crippen LogP contribution < -0.4 is 15.0 Å². The highest BCUT2D eigenvalue weighted by molar-refractivity contribution is 5.85. The summed E-state index contributed by atoms with van der Waals surface area (Å²) in [6, 6.07) is 10.4. The van der Waals surface area contributed by atoms with E-state index in [4.69, 9.17) is 14.7 Å². The van der Waals surface area contributed by atoms with Crippen molar-refractivity contribution in [1.82, 2.24) is 15.0 Å². The average molecular weight is 445 g/mol. The van der Waals surface area contributed by atoms with E-state index in [9.17, 15) is 0 Å². The highest BCUT2D eigenvalue weighted by Gasteiger charge is 2.24. The minimum absolute atomic E-state index is 0.142. The quantitative estimate of drug-likeness (QED) is 0.634. The Balaban J connectivity index is 1.26. The van der Waals surface area contributed by atoms with Crippen molar-refractivity contribution in [3.05, 3.63) is 47.9 Å². The zero-order valence-corrected chi connectivity index (χ0v) is 18.8. The average Bonchev–Trinajstić information content (AvgIpc) is 2.86. The number of nitrogens with zero attached hydrogens (tertiary/aromatic N) is 5. The molecule has 3 heterocycles. The number of nitriles is 1. The number of aromatic nitrogens is 3. The van der Waals surface area contributed by atoms with Crippen LogP contribution in [0.4, 0.5) is 11.5 Å². The first-order valence-electron chi connectivity index (χ1n) is 11.6. The standard InChI is InChI=1S/C25H28N6O2/c1-17-18(16-26)2-7-24(29-17)30-19-3-5-21(6-4-19)33-23-15-20(31-10-12-32-13-11-31)14-22-25(23)28-9-8-27-22/h2,7-9,14-15,19,21H,3-6,10-13H2,1H3,(H,29,30). The first-order chi connectivity index (χ1) is 16.2. The maximum atomic E-state index is 9.10. The Hall–Kier alpha value is -3.44. The number of hydrogen-bond donors (Lipinski definition) is 1. The van der Waals surface area contributed by atoms with Crippen LogP contribution in [0.1, 0.15) is 36.9 Å². The van der Waals surface area contributed by atoms with E-state index in [1.54, 1.807) is 12.4 Å². The first kappa shape index (κ1) is 21.4. The number of rotatable bonds is 5. The number of nitrogens with one attached hydrogen (secondary N) is 1. The molecule has 2 fully saturated rings. The topological polar surface area (TPSA) is 96.2 Å². The molecule has 0 spiro atoms. The molecule has 1 aliphatic carbocycles. The number of pyridine rings is 1. The van der Waals surface area contributed by atoms with Crippen molar-refractivity contribution in [2.75, 3.05) is 36.5 Å². The normalized spacial score (nSPS) is 20.9. The third-order valence-electron chi connectivity index (χ3n) is 6.43. The van der Waals surface area contributed by atoms with Gasteiger partial charge in [-0.25, -0.2) is 9.97 Å². The smallest absolute Gasteiger partial charge is 0.149 e.